The number of carboxylic acid groups (broad SMARTS) is 1. The minimum atomic E-state index is -0.938. The van der Waals surface area contributed by atoms with Gasteiger partial charge in [0.05, 0.1) is 11.7 Å². The third-order valence-corrected chi connectivity index (χ3v) is 4.92. The fourth-order valence-electron chi connectivity index (χ4n) is 2.46. The zero-order valence-corrected chi connectivity index (χ0v) is 15.8. The van der Waals surface area contributed by atoms with E-state index in [2.05, 4.69) is 10.6 Å². The van der Waals surface area contributed by atoms with Gasteiger partial charge in [-0.25, -0.2) is 0 Å². The number of hydrogen-bond donors (Lipinski definition) is 3. The molecule has 1 amide bonds. The van der Waals surface area contributed by atoms with Crippen molar-refractivity contribution in [1.82, 2.24) is 5.32 Å². The Morgan fingerprint density at radius 1 is 1.08 bits per heavy atom. The molecule has 2 aromatic carbocycles. The highest BCUT2D eigenvalue weighted by Crippen LogP contribution is 2.33. The number of amides is 1. The summed E-state index contributed by atoms with van der Waals surface area (Å²) in [6.45, 7) is 3.59. The van der Waals surface area contributed by atoms with Crippen LogP contribution in [0.4, 0.5) is 5.69 Å². The highest BCUT2D eigenvalue weighted by molar-refractivity contribution is 7.99. The molecule has 2 atom stereocenters. The molecule has 2 rings (SSSR count). The lowest BCUT2D eigenvalue weighted by molar-refractivity contribution is -0.140. The summed E-state index contributed by atoms with van der Waals surface area (Å²) in [5.41, 5.74) is 0.711. The first-order valence-electron chi connectivity index (χ1n) is 8.63. The number of benzene rings is 2. The topological polar surface area (TPSA) is 78.4 Å². The largest absolute Gasteiger partial charge is 0.480 e. The van der Waals surface area contributed by atoms with Gasteiger partial charge in [0.1, 0.15) is 6.04 Å². The predicted molar refractivity (Wildman–Crippen MR) is 105 cm³/mol. The molecule has 0 heterocycles. The second-order valence-corrected chi connectivity index (χ2v) is 7.08. The zero-order chi connectivity index (χ0) is 18.9. The first-order valence-corrected chi connectivity index (χ1v) is 9.44. The minimum Gasteiger partial charge on any atom is -0.480 e. The van der Waals surface area contributed by atoms with Crippen LogP contribution in [-0.4, -0.2) is 29.1 Å². The molecule has 0 aliphatic rings. The molecule has 6 heteroatoms. The molecule has 0 fully saturated rings. The highest BCUT2D eigenvalue weighted by Gasteiger charge is 2.22. The van der Waals surface area contributed by atoms with E-state index in [-0.39, 0.29) is 5.91 Å². The summed E-state index contributed by atoms with van der Waals surface area (Å²) < 4.78 is 0. The van der Waals surface area contributed by atoms with Crippen molar-refractivity contribution in [1.29, 1.82) is 0 Å². The van der Waals surface area contributed by atoms with Crippen LogP contribution >= 0.6 is 11.8 Å². The zero-order valence-electron chi connectivity index (χ0n) is 14.9. The molecule has 5 nitrogen and oxygen atoms in total. The number of carbonyl (C=O) groups is 2. The fourth-order valence-corrected chi connectivity index (χ4v) is 3.38. The van der Waals surface area contributed by atoms with Gasteiger partial charge in [0.2, 0.25) is 5.91 Å². The molecule has 138 valence electrons. The maximum Gasteiger partial charge on any atom is 0.320 e. The first-order chi connectivity index (χ1) is 12.5. The Labute approximate surface area is 158 Å². The summed E-state index contributed by atoms with van der Waals surface area (Å²) in [4.78, 5) is 25.8. The van der Waals surface area contributed by atoms with Gasteiger partial charge in [0, 0.05) is 9.79 Å². The van der Waals surface area contributed by atoms with Gasteiger partial charge in [-0.2, -0.15) is 0 Å². The Hall–Kier alpha value is -2.31. The molecule has 0 radical (unpaired) electrons. The molecular weight excluding hydrogens is 348 g/mol. The maximum absolute atomic E-state index is 12.5. The van der Waals surface area contributed by atoms with Crippen molar-refractivity contribution < 1.29 is 14.7 Å². The second-order valence-electron chi connectivity index (χ2n) is 5.97. The lowest BCUT2D eigenvalue weighted by Crippen LogP contribution is -2.47. The van der Waals surface area contributed by atoms with Crippen LogP contribution in [0.15, 0.2) is 64.4 Å². The van der Waals surface area contributed by atoms with Crippen LogP contribution in [0.1, 0.15) is 26.7 Å². The monoisotopic (exact) mass is 372 g/mol. The van der Waals surface area contributed by atoms with Gasteiger partial charge < -0.3 is 10.4 Å². The van der Waals surface area contributed by atoms with Gasteiger partial charge in [0.15, 0.2) is 0 Å². The quantitative estimate of drug-likeness (QED) is 0.620. The van der Waals surface area contributed by atoms with Crippen molar-refractivity contribution in [2.24, 2.45) is 0 Å². The van der Waals surface area contributed by atoms with Gasteiger partial charge >= 0.3 is 5.97 Å². The molecule has 0 saturated carbocycles. The summed E-state index contributed by atoms with van der Waals surface area (Å²) in [6.07, 6.45) is 1.21. The number of anilines is 1. The summed E-state index contributed by atoms with van der Waals surface area (Å²) in [6, 6.07) is 16.1. The van der Waals surface area contributed by atoms with E-state index >= 15 is 0 Å². The first kappa shape index (κ1) is 20.0. The van der Waals surface area contributed by atoms with Crippen LogP contribution in [0.2, 0.25) is 0 Å². The summed E-state index contributed by atoms with van der Waals surface area (Å²) in [7, 11) is 0. The number of nitrogens with one attached hydrogen (secondary N) is 2. The molecule has 2 unspecified atom stereocenters. The van der Waals surface area contributed by atoms with Crippen molar-refractivity contribution in [2.75, 3.05) is 5.32 Å². The van der Waals surface area contributed by atoms with Crippen molar-refractivity contribution >= 4 is 29.3 Å². The third kappa shape index (κ3) is 5.89. The average Bonchev–Trinajstić information content (AvgIpc) is 2.63. The highest BCUT2D eigenvalue weighted by atomic mass is 32.2. The Morgan fingerprint density at radius 3 is 2.38 bits per heavy atom. The molecule has 0 saturated heterocycles. The predicted octanol–water partition coefficient (Wildman–Crippen LogP) is 4.01. The van der Waals surface area contributed by atoms with Crippen LogP contribution in [0.5, 0.6) is 0 Å². The van der Waals surface area contributed by atoms with E-state index in [0.717, 1.165) is 16.2 Å². The molecule has 2 aromatic rings. The molecule has 0 aromatic heterocycles. The normalized spacial score (nSPS) is 13.0. The second kappa shape index (κ2) is 9.99. The number of carboxylic acids is 1. The van der Waals surface area contributed by atoms with Gasteiger partial charge in [-0.1, -0.05) is 55.4 Å². The minimum absolute atomic E-state index is 0.256. The Morgan fingerprint density at radius 2 is 1.73 bits per heavy atom. The fraction of sp³-hybridized carbons (Fsp3) is 0.300. The maximum atomic E-state index is 12.5. The molecule has 0 aliphatic carbocycles. The van der Waals surface area contributed by atoms with E-state index in [1.165, 1.54) is 0 Å². The van der Waals surface area contributed by atoms with E-state index in [0.29, 0.717) is 12.1 Å². The molecule has 3 N–H and O–H groups in total. The van der Waals surface area contributed by atoms with Gasteiger partial charge in [-0.05, 0) is 37.6 Å². The van der Waals surface area contributed by atoms with E-state index in [9.17, 15) is 14.7 Å². The third-order valence-electron chi connectivity index (χ3n) is 3.84. The van der Waals surface area contributed by atoms with Crippen LogP contribution < -0.4 is 10.6 Å². The van der Waals surface area contributed by atoms with E-state index in [4.69, 9.17) is 0 Å². The van der Waals surface area contributed by atoms with Crippen LogP contribution in [0.25, 0.3) is 0 Å². The van der Waals surface area contributed by atoms with Crippen molar-refractivity contribution in [3.8, 4) is 0 Å². The smallest absolute Gasteiger partial charge is 0.320 e. The van der Waals surface area contributed by atoms with E-state index in [1.54, 1.807) is 18.7 Å². The van der Waals surface area contributed by atoms with Crippen LogP contribution in [0.3, 0.4) is 0 Å². The molecule has 0 spiro atoms. The summed E-state index contributed by atoms with van der Waals surface area (Å²) in [5, 5.41) is 15.0. The Balaban J connectivity index is 2.05. The van der Waals surface area contributed by atoms with Crippen molar-refractivity contribution in [3.63, 3.8) is 0 Å². The number of hydrogen-bond acceptors (Lipinski definition) is 4. The molecule has 0 bridgehead atoms. The van der Waals surface area contributed by atoms with E-state index < -0.39 is 18.1 Å². The SMILES string of the molecule is CCCC(NC(C)C(=O)Nc1ccccc1Sc1ccccc1)C(=O)O. The lowest BCUT2D eigenvalue weighted by Gasteiger charge is -2.20. The van der Waals surface area contributed by atoms with Gasteiger partial charge in [-0.3, -0.25) is 14.9 Å². The van der Waals surface area contributed by atoms with Gasteiger partial charge in [-0.15, -0.1) is 0 Å². The molecule has 26 heavy (non-hydrogen) atoms. The van der Waals surface area contributed by atoms with Crippen LogP contribution in [-0.2, 0) is 9.59 Å². The summed E-state index contributed by atoms with van der Waals surface area (Å²) >= 11 is 1.57. The number of para-hydroxylation sites is 1. The lowest BCUT2D eigenvalue weighted by atomic mass is 10.1. The Bertz CT molecular complexity index is 737. The molecule has 0 aliphatic heterocycles. The summed E-state index contributed by atoms with van der Waals surface area (Å²) in [5.74, 6) is -1.19. The van der Waals surface area contributed by atoms with Crippen LogP contribution in [0, 0.1) is 0 Å². The van der Waals surface area contributed by atoms with Crippen molar-refractivity contribution in [2.45, 2.75) is 48.6 Å². The number of carbonyl (C=O) groups excluding carboxylic acids is 1. The Kier molecular flexibility index (Phi) is 7.69. The number of rotatable bonds is 9. The van der Waals surface area contributed by atoms with E-state index in [1.807, 2.05) is 61.5 Å². The molecular formula is C20H24N2O3S. The van der Waals surface area contributed by atoms with Gasteiger partial charge in [0.25, 0.3) is 0 Å². The number of aliphatic carboxylic acids is 1. The van der Waals surface area contributed by atoms with Crippen molar-refractivity contribution in [3.05, 3.63) is 54.6 Å². The standard InChI is InChI=1S/C20H24N2O3S/c1-3-9-17(20(24)25)21-14(2)19(23)22-16-12-7-8-13-18(16)26-15-10-5-4-6-11-15/h4-8,10-14,17,21H,3,9H2,1-2H3,(H,22,23)(H,24,25). The average molecular weight is 372 g/mol.